The van der Waals surface area contributed by atoms with Crippen molar-refractivity contribution < 1.29 is 26.7 Å². The lowest BCUT2D eigenvalue weighted by Gasteiger charge is -2.38. The molecule has 46 heavy (non-hydrogen) atoms. The van der Waals surface area contributed by atoms with Gasteiger partial charge in [-0.15, -0.1) is 11.8 Å². The van der Waals surface area contributed by atoms with Crippen molar-refractivity contribution >= 4 is 46.0 Å². The molecule has 3 aliphatic heterocycles. The lowest BCUT2D eigenvalue weighted by atomic mass is 9.95. The number of aromatic nitrogens is 2. The molecule has 0 radical (unpaired) electrons. The molecule has 0 aliphatic carbocycles. The third-order valence-corrected chi connectivity index (χ3v) is 10.6. The number of piperazine rings is 2. The van der Waals surface area contributed by atoms with Gasteiger partial charge >= 0.3 is 11.9 Å². The second kappa shape index (κ2) is 12.8. The van der Waals surface area contributed by atoms with Gasteiger partial charge in [-0.2, -0.15) is 18.2 Å². The molecular weight excluding hydrogens is 651 g/mol. The van der Waals surface area contributed by atoms with Crippen LogP contribution in [0.3, 0.4) is 0 Å². The van der Waals surface area contributed by atoms with E-state index in [4.69, 9.17) is 11.6 Å². The van der Waals surface area contributed by atoms with Gasteiger partial charge in [0.25, 0.3) is 0 Å². The molecule has 0 N–H and O–H groups in total. The van der Waals surface area contributed by atoms with E-state index in [1.165, 1.54) is 10.6 Å². The lowest BCUT2D eigenvalue weighted by Crippen LogP contribution is -2.52. The molecule has 3 aliphatic rings. The maximum atomic E-state index is 15.4. The van der Waals surface area contributed by atoms with Crippen LogP contribution in [0, 0.1) is 11.6 Å². The Morgan fingerprint density at radius 2 is 1.76 bits per heavy atom. The van der Waals surface area contributed by atoms with Crippen LogP contribution in [0.1, 0.15) is 12.5 Å². The highest BCUT2D eigenvalue weighted by Gasteiger charge is 2.40. The molecule has 2 saturated heterocycles. The molecule has 246 valence electrons. The molecule has 1 aromatic heterocycles. The number of halogens is 6. The van der Waals surface area contributed by atoms with Gasteiger partial charge in [-0.3, -0.25) is 14.3 Å². The molecule has 0 saturated carbocycles. The molecule has 0 bridgehead atoms. The summed E-state index contributed by atoms with van der Waals surface area (Å²) in [6.45, 7) is 10.7. The average molecular weight is 683 g/mol. The van der Waals surface area contributed by atoms with Gasteiger partial charge in [0.05, 0.1) is 16.1 Å². The highest BCUT2D eigenvalue weighted by molar-refractivity contribution is 7.99. The van der Waals surface area contributed by atoms with Gasteiger partial charge in [-0.05, 0) is 24.8 Å². The normalized spacial score (nSPS) is 19.8. The molecule has 2 aromatic carbocycles. The molecule has 15 heteroatoms. The van der Waals surface area contributed by atoms with Gasteiger partial charge in [0, 0.05) is 98.2 Å². The van der Waals surface area contributed by atoms with Crippen molar-refractivity contribution in [2.75, 3.05) is 69.6 Å². The molecule has 4 heterocycles. The zero-order valence-electron chi connectivity index (χ0n) is 25.0. The lowest BCUT2D eigenvalue weighted by molar-refractivity contribution is -0.137. The summed E-state index contributed by atoms with van der Waals surface area (Å²) in [5, 5.41) is -0.436. The van der Waals surface area contributed by atoms with Crippen LogP contribution in [0.25, 0.3) is 22.0 Å². The maximum Gasteiger partial charge on any atom is 0.417 e. The summed E-state index contributed by atoms with van der Waals surface area (Å²) in [6, 6.07) is 2.03. The fourth-order valence-corrected chi connectivity index (χ4v) is 8.09. The molecule has 1 amide bonds. The number of likely N-dealkylation sites (N-methyl/N-ethyl adjacent to an activating group) is 1. The Bertz CT molecular complexity index is 1750. The van der Waals surface area contributed by atoms with Crippen molar-refractivity contribution in [1.29, 1.82) is 0 Å². The Balaban J connectivity index is 1.57. The second-order valence-electron chi connectivity index (χ2n) is 11.5. The van der Waals surface area contributed by atoms with Crippen LogP contribution in [0.4, 0.5) is 27.8 Å². The number of nitrogens with zero attached hydrogens (tertiary/aromatic N) is 6. The molecule has 3 aromatic rings. The van der Waals surface area contributed by atoms with E-state index in [9.17, 15) is 27.2 Å². The zero-order chi connectivity index (χ0) is 32.9. The summed E-state index contributed by atoms with van der Waals surface area (Å²) in [6.07, 6.45) is -3.76. The fourth-order valence-electron chi connectivity index (χ4n) is 6.53. The molecular formula is C31H32ClF5N6O2S. The zero-order valence-corrected chi connectivity index (χ0v) is 26.6. The summed E-state index contributed by atoms with van der Waals surface area (Å²) >= 11 is 7.12. The van der Waals surface area contributed by atoms with E-state index in [2.05, 4.69) is 28.3 Å². The summed E-state index contributed by atoms with van der Waals surface area (Å²) in [7, 11) is 0. The van der Waals surface area contributed by atoms with Crippen LogP contribution in [0.5, 0.6) is 0 Å². The van der Waals surface area contributed by atoms with Crippen LogP contribution in [-0.2, 0) is 17.5 Å². The predicted molar refractivity (Wildman–Crippen MR) is 169 cm³/mol. The van der Waals surface area contributed by atoms with Gasteiger partial charge in [0.1, 0.15) is 17.5 Å². The first kappa shape index (κ1) is 32.7. The summed E-state index contributed by atoms with van der Waals surface area (Å²) in [5.74, 6) is -2.18. The third-order valence-electron chi connectivity index (χ3n) is 9.03. The first-order chi connectivity index (χ1) is 21.9. The van der Waals surface area contributed by atoms with E-state index < -0.39 is 45.2 Å². The summed E-state index contributed by atoms with van der Waals surface area (Å²) < 4.78 is 75.9. The van der Waals surface area contributed by atoms with Crippen LogP contribution < -0.4 is 10.6 Å². The van der Waals surface area contributed by atoms with E-state index in [1.807, 2.05) is 0 Å². The molecule has 0 spiro atoms. The second-order valence-corrected chi connectivity index (χ2v) is 13.0. The number of amides is 1. The van der Waals surface area contributed by atoms with Crippen molar-refractivity contribution in [1.82, 2.24) is 24.3 Å². The Morgan fingerprint density at radius 1 is 1.07 bits per heavy atom. The van der Waals surface area contributed by atoms with E-state index in [1.54, 1.807) is 9.80 Å². The number of carbonyl (C=O) groups excluding carboxylic acids is 1. The molecule has 2 fully saturated rings. The third kappa shape index (κ3) is 6.00. The van der Waals surface area contributed by atoms with Crippen molar-refractivity contribution in [2.45, 2.75) is 30.6 Å². The monoisotopic (exact) mass is 682 g/mol. The number of hydrogen-bond acceptors (Lipinski definition) is 7. The van der Waals surface area contributed by atoms with Gasteiger partial charge < -0.3 is 14.7 Å². The van der Waals surface area contributed by atoms with Crippen molar-refractivity contribution in [3.8, 4) is 11.1 Å². The largest absolute Gasteiger partial charge is 0.417 e. The van der Waals surface area contributed by atoms with Gasteiger partial charge in [0.15, 0.2) is 0 Å². The van der Waals surface area contributed by atoms with Gasteiger partial charge in [-0.25, -0.2) is 13.6 Å². The van der Waals surface area contributed by atoms with Crippen LogP contribution >= 0.6 is 23.4 Å². The number of carbonyl (C=O) groups is 1. The standard InChI is InChI=1S/C31H32ClF5N6O2S/c1-3-25(44)41-9-11-42(12-10-41)29-20-13-21(31(35,36)37)26(19-14-22(32)24(34)15-23(19)33)28-27(20)43(30(45)38-29)16-18(17-46-28)40-7-5-39(4-2)6-8-40/h3,13-15,18H,1,4-12,16-17H2,2H3. The van der Waals surface area contributed by atoms with E-state index in [0.717, 1.165) is 56.6 Å². The predicted octanol–water partition coefficient (Wildman–Crippen LogP) is 4.96. The SMILES string of the molecule is C=CC(=O)N1CCN(c2nc(=O)n3c4c(c(-c5cc(Cl)c(F)cc5F)c(C(F)(F)F)cc24)SCC(N2CCN(CC)CC2)C3)CC1. The molecule has 1 unspecified atom stereocenters. The molecule has 1 atom stereocenters. The number of alkyl halides is 3. The number of hydrogen-bond donors (Lipinski definition) is 0. The first-order valence-corrected chi connectivity index (χ1v) is 16.4. The van der Waals surface area contributed by atoms with E-state index >= 15 is 4.39 Å². The minimum Gasteiger partial charge on any atom is -0.352 e. The number of anilines is 1. The average Bonchev–Trinajstić information content (AvgIpc) is 3.25. The topological polar surface area (TPSA) is 64.9 Å². The highest BCUT2D eigenvalue weighted by Crippen LogP contribution is 2.49. The Kier molecular flexibility index (Phi) is 9.09. The van der Waals surface area contributed by atoms with Crippen LogP contribution in [-0.4, -0.2) is 101 Å². The Morgan fingerprint density at radius 3 is 2.39 bits per heavy atom. The van der Waals surface area contributed by atoms with Crippen molar-refractivity contribution in [3.05, 3.63) is 63.6 Å². The number of rotatable bonds is 5. The Hall–Kier alpha value is -3.20. The molecule has 6 rings (SSSR count). The first-order valence-electron chi connectivity index (χ1n) is 15.0. The summed E-state index contributed by atoms with van der Waals surface area (Å²) in [5.41, 5.74) is -2.58. The van der Waals surface area contributed by atoms with Crippen molar-refractivity contribution in [3.63, 3.8) is 0 Å². The highest BCUT2D eigenvalue weighted by atomic mass is 35.5. The van der Waals surface area contributed by atoms with Gasteiger partial charge in [0.2, 0.25) is 5.91 Å². The fraction of sp³-hybridized carbons (Fsp3) is 0.452. The van der Waals surface area contributed by atoms with E-state index in [0.29, 0.717) is 11.8 Å². The molecule has 8 nitrogen and oxygen atoms in total. The smallest absolute Gasteiger partial charge is 0.352 e. The minimum atomic E-state index is -4.95. The van der Waals surface area contributed by atoms with Crippen LogP contribution in [0.15, 0.2) is 40.5 Å². The van der Waals surface area contributed by atoms with Gasteiger partial charge in [-0.1, -0.05) is 25.1 Å². The van der Waals surface area contributed by atoms with Crippen molar-refractivity contribution in [2.24, 2.45) is 0 Å². The van der Waals surface area contributed by atoms with E-state index in [-0.39, 0.29) is 66.3 Å². The maximum absolute atomic E-state index is 15.4. The number of thioether (sulfide) groups is 1. The Labute approximate surface area is 271 Å². The van der Waals surface area contributed by atoms with Crippen LogP contribution in [0.2, 0.25) is 5.02 Å². The number of benzene rings is 2. The minimum absolute atomic E-state index is 0.0577. The summed E-state index contributed by atoms with van der Waals surface area (Å²) in [4.78, 5) is 38.2. The quantitative estimate of drug-likeness (QED) is 0.214.